The number of hydrogen-bond acceptors (Lipinski definition) is 6. The Balaban J connectivity index is 1.64. The van der Waals surface area contributed by atoms with Crippen molar-refractivity contribution >= 4 is 46.6 Å². The Bertz CT molecular complexity index is 1100. The number of nitro benzene ring substituents is 1. The van der Waals surface area contributed by atoms with E-state index < -0.39 is 28.0 Å². The lowest BCUT2D eigenvalue weighted by atomic mass is 9.82. The Kier molecular flexibility index (Phi) is 8.42. The van der Waals surface area contributed by atoms with E-state index in [9.17, 15) is 29.6 Å². The van der Waals surface area contributed by atoms with Crippen LogP contribution in [0.25, 0.3) is 0 Å². The van der Waals surface area contributed by atoms with Gasteiger partial charge in [0.1, 0.15) is 0 Å². The van der Waals surface area contributed by atoms with Gasteiger partial charge in [0.05, 0.1) is 22.0 Å². The quantitative estimate of drug-likeness (QED) is 0.203. The fraction of sp³-hybridized carbons (Fsp3) is 0.292. The van der Waals surface area contributed by atoms with Crippen LogP contribution in [0.4, 0.5) is 17.1 Å². The summed E-state index contributed by atoms with van der Waals surface area (Å²) in [5.74, 6) is -2.97. The average molecular weight is 484 g/mol. The first-order chi connectivity index (χ1) is 16.3. The van der Waals surface area contributed by atoms with Gasteiger partial charge in [0.2, 0.25) is 11.8 Å². The molecule has 0 saturated carbocycles. The molecule has 0 aromatic heterocycles. The molecular weight excluding hydrogens is 458 g/mol. The molecule has 0 spiro atoms. The molecule has 2 amide bonds. The third-order valence-electron chi connectivity index (χ3n) is 5.48. The molecular formula is C24H25N3O6S. The molecule has 2 aromatic rings. The van der Waals surface area contributed by atoms with E-state index in [2.05, 4.69) is 10.6 Å². The summed E-state index contributed by atoms with van der Waals surface area (Å²) >= 11 is 1.33. The second-order valence-electron chi connectivity index (χ2n) is 7.82. The summed E-state index contributed by atoms with van der Waals surface area (Å²) in [5.41, 5.74) is 0.932. The molecule has 1 aliphatic carbocycles. The minimum absolute atomic E-state index is 0.0581. The van der Waals surface area contributed by atoms with Crippen molar-refractivity contribution in [1.29, 1.82) is 0 Å². The molecule has 2 aromatic carbocycles. The van der Waals surface area contributed by atoms with E-state index in [-0.39, 0.29) is 17.5 Å². The molecule has 0 fully saturated rings. The molecule has 3 N–H and O–H groups in total. The fourth-order valence-electron chi connectivity index (χ4n) is 3.63. The average Bonchev–Trinajstić information content (AvgIpc) is 2.83. The highest BCUT2D eigenvalue weighted by molar-refractivity contribution is 8.00. The molecule has 3 atom stereocenters. The van der Waals surface area contributed by atoms with E-state index in [1.54, 1.807) is 24.3 Å². The van der Waals surface area contributed by atoms with E-state index in [0.717, 1.165) is 4.90 Å². The molecule has 3 rings (SSSR count). The largest absolute Gasteiger partial charge is 0.481 e. The van der Waals surface area contributed by atoms with E-state index >= 15 is 0 Å². The number of carbonyl (C=O) groups is 3. The molecule has 178 valence electrons. The maximum Gasteiger partial charge on any atom is 0.307 e. The number of rotatable bonds is 9. The first kappa shape index (κ1) is 25.0. The zero-order valence-electron chi connectivity index (χ0n) is 18.5. The number of carboxylic acids is 1. The number of carboxylic acid groups (broad SMARTS) is 1. The van der Waals surface area contributed by atoms with Crippen molar-refractivity contribution in [3.63, 3.8) is 0 Å². The first-order valence-electron chi connectivity index (χ1n) is 10.8. The van der Waals surface area contributed by atoms with Gasteiger partial charge in [-0.05, 0) is 49.6 Å². The van der Waals surface area contributed by atoms with Gasteiger partial charge in [-0.25, -0.2) is 0 Å². The van der Waals surface area contributed by atoms with Crippen LogP contribution < -0.4 is 10.6 Å². The maximum absolute atomic E-state index is 12.7. The second kappa shape index (κ2) is 11.5. The topological polar surface area (TPSA) is 139 Å². The predicted molar refractivity (Wildman–Crippen MR) is 130 cm³/mol. The monoisotopic (exact) mass is 483 g/mol. The predicted octanol–water partition coefficient (Wildman–Crippen LogP) is 4.71. The van der Waals surface area contributed by atoms with Gasteiger partial charge in [-0.3, -0.25) is 24.5 Å². The summed E-state index contributed by atoms with van der Waals surface area (Å²) in [6.07, 6.45) is 4.84. The lowest BCUT2D eigenvalue weighted by molar-refractivity contribution is -0.384. The maximum atomic E-state index is 12.7. The summed E-state index contributed by atoms with van der Waals surface area (Å²) in [5, 5.41) is 25.3. The van der Waals surface area contributed by atoms with Crippen LogP contribution in [0.1, 0.15) is 26.2 Å². The van der Waals surface area contributed by atoms with Crippen LogP contribution in [0.3, 0.4) is 0 Å². The first-order valence-corrected chi connectivity index (χ1v) is 11.7. The Morgan fingerprint density at radius 1 is 1.06 bits per heavy atom. The Morgan fingerprint density at radius 3 is 2.35 bits per heavy atom. The van der Waals surface area contributed by atoms with Crippen LogP contribution in [0.15, 0.2) is 65.6 Å². The molecule has 1 aliphatic rings. The Morgan fingerprint density at radius 2 is 1.74 bits per heavy atom. The molecule has 0 aliphatic heterocycles. The summed E-state index contributed by atoms with van der Waals surface area (Å²) in [4.78, 5) is 48.0. The van der Waals surface area contributed by atoms with Crippen LogP contribution in [-0.2, 0) is 14.4 Å². The molecule has 9 nitrogen and oxygen atoms in total. The number of aliphatic carboxylic acids is 1. The normalized spacial score (nSPS) is 18.0. The minimum Gasteiger partial charge on any atom is -0.481 e. The number of nitrogens with zero attached hydrogens (tertiary/aromatic N) is 1. The van der Waals surface area contributed by atoms with Crippen molar-refractivity contribution in [2.75, 3.05) is 10.6 Å². The van der Waals surface area contributed by atoms with Gasteiger partial charge in [0.25, 0.3) is 5.69 Å². The van der Waals surface area contributed by atoms with E-state index in [1.807, 2.05) is 19.1 Å². The van der Waals surface area contributed by atoms with Gasteiger partial charge in [0, 0.05) is 28.4 Å². The number of nitro groups is 1. The number of amides is 2. The zero-order chi connectivity index (χ0) is 24.7. The van der Waals surface area contributed by atoms with Crippen LogP contribution in [-0.4, -0.2) is 33.1 Å². The number of carbonyl (C=O) groups excluding carboxylic acids is 2. The van der Waals surface area contributed by atoms with Crippen LogP contribution in [0, 0.1) is 22.0 Å². The van der Waals surface area contributed by atoms with Gasteiger partial charge in [0.15, 0.2) is 0 Å². The molecule has 0 heterocycles. The molecule has 0 bridgehead atoms. The number of benzene rings is 2. The second-order valence-corrected chi connectivity index (χ2v) is 9.10. The minimum atomic E-state index is -0.987. The van der Waals surface area contributed by atoms with Crippen molar-refractivity contribution in [1.82, 2.24) is 0 Å². The highest BCUT2D eigenvalue weighted by Crippen LogP contribution is 2.31. The van der Waals surface area contributed by atoms with Crippen molar-refractivity contribution < 1.29 is 24.4 Å². The SMILES string of the molecule is CCC(Sc1cccc(NC(=O)C2CC=CCC2C(=O)O)c1)C(=O)Nc1ccc([N+](=O)[O-])cc1. The van der Waals surface area contributed by atoms with Crippen molar-refractivity contribution in [3.05, 3.63) is 70.8 Å². The summed E-state index contributed by atoms with van der Waals surface area (Å²) < 4.78 is 0. The van der Waals surface area contributed by atoms with Gasteiger partial charge < -0.3 is 15.7 Å². The molecule has 34 heavy (non-hydrogen) atoms. The lowest BCUT2D eigenvalue weighted by Crippen LogP contribution is -2.34. The highest BCUT2D eigenvalue weighted by Gasteiger charge is 2.34. The summed E-state index contributed by atoms with van der Waals surface area (Å²) in [6.45, 7) is 1.88. The van der Waals surface area contributed by atoms with Crippen molar-refractivity contribution in [2.24, 2.45) is 11.8 Å². The zero-order valence-corrected chi connectivity index (χ0v) is 19.3. The Labute approximate surface area is 200 Å². The molecule has 10 heteroatoms. The number of thioether (sulfide) groups is 1. The number of non-ortho nitro benzene ring substituents is 1. The fourth-order valence-corrected chi connectivity index (χ4v) is 4.65. The standard InChI is InChI=1S/C24H25N3O6S/c1-2-21(23(29)25-15-10-12-17(13-11-15)27(32)33)34-18-7-5-6-16(14-18)26-22(28)19-8-3-4-9-20(19)24(30)31/h3-7,10-14,19-21H,2,8-9H2,1H3,(H,25,29)(H,26,28)(H,30,31). The van der Waals surface area contributed by atoms with Gasteiger partial charge in [-0.1, -0.05) is 25.1 Å². The third-order valence-corrected chi connectivity index (χ3v) is 6.83. The van der Waals surface area contributed by atoms with E-state index in [1.165, 1.54) is 36.0 Å². The van der Waals surface area contributed by atoms with Crippen molar-refractivity contribution in [3.8, 4) is 0 Å². The molecule has 3 unspecified atom stereocenters. The van der Waals surface area contributed by atoms with Crippen LogP contribution >= 0.6 is 11.8 Å². The molecule has 0 radical (unpaired) electrons. The number of allylic oxidation sites excluding steroid dienone is 2. The van der Waals surface area contributed by atoms with Gasteiger partial charge >= 0.3 is 5.97 Å². The number of nitrogens with one attached hydrogen (secondary N) is 2. The Hall–Kier alpha value is -3.66. The van der Waals surface area contributed by atoms with Crippen LogP contribution in [0.5, 0.6) is 0 Å². The summed E-state index contributed by atoms with van der Waals surface area (Å²) in [6, 6.07) is 12.7. The molecule has 0 saturated heterocycles. The summed E-state index contributed by atoms with van der Waals surface area (Å²) in [7, 11) is 0. The lowest BCUT2D eigenvalue weighted by Gasteiger charge is -2.24. The smallest absolute Gasteiger partial charge is 0.307 e. The van der Waals surface area contributed by atoms with Crippen LogP contribution in [0.2, 0.25) is 0 Å². The highest BCUT2D eigenvalue weighted by atomic mass is 32.2. The van der Waals surface area contributed by atoms with Gasteiger partial charge in [-0.15, -0.1) is 11.8 Å². The van der Waals surface area contributed by atoms with E-state index in [4.69, 9.17) is 0 Å². The third kappa shape index (κ3) is 6.44. The van der Waals surface area contributed by atoms with E-state index in [0.29, 0.717) is 30.6 Å². The number of anilines is 2. The van der Waals surface area contributed by atoms with Gasteiger partial charge in [-0.2, -0.15) is 0 Å². The van der Waals surface area contributed by atoms with Crippen molar-refractivity contribution in [2.45, 2.75) is 36.3 Å². The number of hydrogen-bond donors (Lipinski definition) is 3.